The predicted molar refractivity (Wildman–Crippen MR) is 93.2 cm³/mol. The first-order chi connectivity index (χ1) is 12.4. The first kappa shape index (κ1) is 18.1. The van der Waals surface area contributed by atoms with Crippen LogP contribution < -0.4 is 11.3 Å². The molecule has 3 atom stereocenters. The van der Waals surface area contributed by atoms with E-state index < -0.39 is 24.0 Å². The molecule has 0 aliphatic carbocycles. The standard InChI is InChI=1S/C17H20N4O5/c1-9(23)4-2-3-5-10-7-21(13-6-11(24)12(8-22)26-13)15-14(10)16(25)20-17(18)19-15/h7,11-13,22,24H,2,4,6,8H2,1H3,(H3,18,19,20,25). The van der Waals surface area contributed by atoms with Gasteiger partial charge in [0.25, 0.3) is 5.56 Å². The van der Waals surface area contributed by atoms with Crippen LogP contribution in [0.5, 0.6) is 0 Å². The molecule has 3 heterocycles. The van der Waals surface area contributed by atoms with E-state index in [9.17, 15) is 19.8 Å². The van der Waals surface area contributed by atoms with Crippen molar-refractivity contribution in [2.45, 2.75) is 44.6 Å². The van der Waals surface area contributed by atoms with Crippen LogP contribution in [-0.4, -0.2) is 49.3 Å². The molecule has 9 heteroatoms. The molecule has 0 spiro atoms. The molecule has 1 fully saturated rings. The Hall–Kier alpha value is -2.67. The van der Waals surface area contributed by atoms with Crippen molar-refractivity contribution in [2.75, 3.05) is 12.3 Å². The molecule has 138 valence electrons. The Morgan fingerprint density at radius 2 is 2.35 bits per heavy atom. The highest BCUT2D eigenvalue weighted by Gasteiger charge is 2.35. The lowest BCUT2D eigenvalue weighted by atomic mass is 10.2. The zero-order valence-corrected chi connectivity index (χ0v) is 14.2. The van der Waals surface area contributed by atoms with Gasteiger partial charge < -0.3 is 25.3 Å². The molecular weight excluding hydrogens is 340 g/mol. The fourth-order valence-corrected chi connectivity index (χ4v) is 2.93. The molecule has 3 rings (SSSR count). The highest BCUT2D eigenvalue weighted by Crippen LogP contribution is 2.32. The third kappa shape index (κ3) is 3.48. The Morgan fingerprint density at radius 3 is 3.00 bits per heavy atom. The summed E-state index contributed by atoms with van der Waals surface area (Å²) in [6.45, 7) is 1.18. The predicted octanol–water partition coefficient (Wildman–Crippen LogP) is -0.332. The fraction of sp³-hybridized carbons (Fsp3) is 0.471. The molecule has 5 N–H and O–H groups in total. The molecule has 1 saturated heterocycles. The SMILES string of the molecule is CC(=O)CCC#Cc1cn(C2CC(O)C(CO)O2)c2nc(N)[nH]c(=O)c12. The minimum absolute atomic E-state index is 0.0393. The summed E-state index contributed by atoms with van der Waals surface area (Å²) in [6.07, 6.45) is 0.432. The molecule has 0 amide bonds. The number of ether oxygens (including phenoxy) is 1. The lowest BCUT2D eigenvalue weighted by molar-refractivity contribution is -0.116. The quantitative estimate of drug-likeness (QED) is 0.547. The first-order valence-electron chi connectivity index (χ1n) is 8.23. The zero-order valence-electron chi connectivity index (χ0n) is 14.2. The Labute approximate surface area is 148 Å². The molecule has 0 saturated carbocycles. The molecular formula is C17H20N4O5. The average molecular weight is 360 g/mol. The zero-order chi connectivity index (χ0) is 18.8. The van der Waals surface area contributed by atoms with Crippen molar-refractivity contribution >= 4 is 22.8 Å². The average Bonchev–Trinajstić information content (AvgIpc) is 3.11. The molecule has 0 bridgehead atoms. The number of carbonyl (C=O) groups is 1. The van der Waals surface area contributed by atoms with Crippen LogP contribution in [-0.2, 0) is 9.53 Å². The van der Waals surface area contributed by atoms with Gasteiger partial charge in [-0.25, -0.2) is 0 Å². The molecule has 26 heavy (non-hydrogen) atoms. The highest BCUT2D eigenvalue weighted by molar-refractivity contribution is 5.83. The van der Waals surface area contributed by atoms with Gasteiger partial charge in [0, 0.05) is 25.5 Å². The summed E-state index contributed by atoms with van der Waals surface area (Å²) in [7, 11) is 0. The monoisotopic (exact) mass is 360 g/mol. The van der Waals surface area contributed by atoms with E-state index in [0.29, 0.717) is 18.4 Å². The van der Waals surface area contributed by atoms with Crippen LogP contribution in [0.15, 0.2) is 11.0 Å². The number of nitrogens with zero attached hydrogens (tertiary/aromatic N) is 2. The minimum Gasteiger partial charge on any atom is -0.394 e. The van der Waals surface area contributed by atoms with Crippen molar-refractivity contribution in [2.24, 2.45) is 0 Å². The van der Waals surface area contributed by atoms with Gasteiger partial charge in [-0.1, -0.05) is 11.8 Å². The molecule has 3 unspecified atom stereocenters. The number of fused-ring (bicyclic) bond motifs is 1. The van der Waals surface area contributed by atoms with Crippen LogP contribution >= 0.6 is 0 Å². The van der Waals surface area contributed by atoms with E-state index in [4.69, 9.17) is 10.5 Å². The lowest BCUT2D eigenvalue weighted by Gasteiger charge is -2.14. The maximum atomic E-state index is 12.3. The topological polar surface area (TPSA) is 143 Å². The Morgan fingerprint density at radius 1 is 1.58 bits per heavy atom. The van der Waals surface area contributed by atoms with Crippen LogP contribution in [0.2, 0.25) is 0 Å². The van der Waals surface area contributed by atoms with Crippen LogP contribution in [0.1, 0.15) is 38.0 Å². The smallest absolute Gasteiger partial charge is 0.263 e. The van der Waals surface area contributed by atoms with Gasteiger partial charge in [-0.3, -0.25) is 14.6 Å². The summed E-state index contributed by atoms with van der Waals surface area (Å²) in [4.78, 5) is 30.0. The summed E-state index contributed by atoms with van der Waals surface area (Å²) in [5, 5.41) is 19.5. The number of aliphatic hydroxyl groups excluding tert-OH is 2. The number of ketones is 1. The summed E-state index contributed by atoms with van der Waals surface area (Å²) >= 11 is 0. The molecule has 0 aromatic carbocycles. The number of Topliss-reactive ketones (excluding diaryl/α,β-unsaturated/α-hetero) is 1. The first-order valence-corrected chi connectivity index (χ1v) is 8.23. The third-order valence-electron chi connectivity index (χ3n) is 4.22. The van der Waals surface area contributed by atoms with E-state index in [1.165, 1.54) is 6.92 Å². The number of hydrogen-bond acceptors (Lipinski definition) is 7. The number of aliphatic hydroxyl groups is 2. The van der Waals surface area contributed by atoms with E-state index in [-0.39, 0.29) is 35.8 Å². The summed E-state index contributed by atoms with van der Waals surface area (Å²) in [5.74, 6) is 5.76. The number of carbonyl (C=O) groups excluding carboxylic acids is 1. The molecule has 2 aromatic heterocycles. The van der Waals surface area contributed by atoms with E-state index in [2.05, 4.69) is 21.8 Å². The number of nitrogens with one attached hydrogen (secondary N) is 1. The molecule has 1 aliphatic heterocycles. The van der Waals surface area contributed by atoms with Crippen LogP contribution in [0.3, 0.4) is 0 Å². The van der Waals surface area contributed by atoms with Gasteiger partial charge in [0.2, 0.25) is 5.95 Å². The van der Waals surface area contributed by atoms with Crippen molar-refractivity contribution in [1.29, 1.82) is 0 Å². The third-order valence-corrected chi connectivity index (χ3v) is 4.22. The fourth-order valence-electron chi connectivity index (χ4n) is 2.93. The number of aromatic amines is 1. The molecule has 2 aromatic rings. The van der Waals surface area contributed by atoms with Crippen LogP contribution in [0.25, 0.3) is 11.0 Å². The van der Waals surface area contributed by atoms with Crippen molar-refractivity contribution in [3.63, 3.8) is 0 Å². The number of H-pyrrole nitrogens is 1. The number of anilines is 1. The largest absolute Gasteiger partial charge is 0.394 e. The maximum Gasteiger partial charge on any atom is 0.263 e. The highest BCUT2D eigenvalue weighted by atomic mass is 16.5. The number of nitrogens with two attached hydrogens (primary N) is 1. The minimum atomic E-state index is -0.827. The number of aromatic nitrogens is 3. The van der Waals surface area contributed by atoms with Gasteiger partial charge in [-0.15, -0.1) is 0 Å². The van der Waals surface area contributed by atoms with Crippen molar-refractivity contribution < 1.29 is 19.7 Å². The van der Waals surface area contributed by atoms with Crippen molar-refractivity contribution in [3.8, 4) is 11.8 Å². The molecule has 1 aliphatic rings. The Bertz CT molecular complexity index is 952. The molecule has 9 nitrogen and oxygen atoms in total. The van der Waals surface area contributed by atoms with Crippen molar-refractivity contribution in [3.05, 3.63) is 22.1 Å². The Kier molecular flexibility index (Phi) is 5.08. The van der Waals surface area contributed by atoms with Gasteiger partial charge in [0.05, 0.1) is 23.7 Å². The van der Waals surface area contributed by atoms with Gasteiger partial charge in [-0.05, 0) is 6.92 Å². The lowest BCUT2D eigenvalue weighted by Crippen LogP contribution is -2.24. The maximum absolute atomic E-state index is 12.3. The normalized spacial score (nSPS) is 22.3. The van der Waals surface area contributed by atoms with Crippen LogP contribution in [0.4, 0.5) is 5.95 Å². The second-order valence-electron chi connectivity index (χ2n) is 6.22. The Balaban J connectivity index is 2.04. The number of nitrogen functional groups attached to an aromatic ring is 1. The summed E-state index contributed by atoms with van der Waals surface area (Å²) in [5.41, 5.74) is 5.95. The van der Waals surface area contributed by atoms with E-state index in [1.54, 1.807) is 10.8 Å². The van der Waals surface area contributed by atoms with E-state index in [1.807, 2.05) is 0 Å². The van der Waals surface area contributed by atoms with E-state index >= 15 is 0 Å². The van der Waals surface area contributed by atoms with E-state index in [0.717, 1.165) is 0 Å². The van der Waals surface area contributed by atoms with Crippen molar-refractivity contribution in [1.82, 2.24) is 14.5 Å². The van der Waals surface area contributed by atoms with Gasteiger partial charge >= 0.3 is 0 Å². The second-order valence-corrected chi connectivity index (χ2v) is 6.22. The molecule has 0 radical (unpaired) electrons. The summed E-state index contributed by atoms with van der Waals surface area (Å²) < 4.78 is 7.24. The second kappa shape index (κ2) is 7.29. The van der Waals surface area contributed by atoms with Gasteiger partial charge in [0.1, 0.15) is 18.1 Å². The van der Waals surface area contributed by atoms with Gasteiger partial charge in [-0.2, -0.15) is 4.98 Å². The number of rotatable bonds is 4. The van der Waals surface area contributed by atoms with Gasteiger partial charge in [0.15, 0.2) is 5.65 Å². The summed E-state index contributed by atoms with van der Waals surface area (Å²) in [6, 6.07) is 0. The number of hydrogen-bond donors (Lipinski definition) is 4. The van der Waals surface area contributed by atoms with Crippen LogP contribution in [0, 0.1) is 11.8 Å².